The number of fused-ring (bicyclic) bond motifs is 2. The number of aliphatic hydroxyl groups excluding tert-OH is 1. The summed E-state index contributed by atoms with van der Waals surface area (Å²) in [4.78, 5) is 11.7. The second kappa shape index (κ2) is 3.84. The third kappa shape index (κ3) is 1.50. The quantitative estimate of drug-likeness (QED) is 0.532. The van der Waals surface area contributed by atoms with E-state index >= 15 is 0 Å². The average Bonchev–Trinajstić information content (AvgIpc) is 2.45. The van der Waals surface area contributed by atoms with Crippen LogP contribution >= 0.6 is 0 Å². The van der Waals surface area contributed by atoms with Crippen LogP contribution in [0, 0.1) is 0 Å². The minimum Gasteiger partial charge on any atom is -0.504 e. The summed E-state index contributed by atoms with van der Waals surface area (Å²) >= 11 is 0. The van der Waals surface area contributed by atoms with Crippen molar-refractivity contribution in [1.82, 2.24) is 0 Å². The van der Waals surface area contributed by atoms with Crippen LogP contribution in [0.3, 0.4) is 0 Å². The number of carbonyl (C=O) groups excluding carboxylic acids is 1. The van der Waals surface area contributed by atoms with Crippen LogP contribution in [0.2, 0.25) is 0 Å². The summed E-state index contributed by atoms with van der Waals surface area (Å²) in [5.41, 5.74) is -0.913. The number of hydrogen-bond acceptors (Lipinski definition) is 6. The van der Waals surface area contributed by atoms with Crippen molar-refractivity contribution in [3.05, 3.63) is 46.9 Å². The number of phenolic OH excluding ortho intramolecular Hbond substituents is 2. The fraction of sp³-hybridized carbons (Fsp3) is 0.312. The molecule has 1 aromatic rings. The van der Waals surface area contributed by atoms with Crippen molar-refractivity contribution < 1.29 is 30.0 Å². The molecule has 114 valence electrons. The molecule has 0 amide bonds. The Morgan fingerprint density at radius 1 is 1.14 bits per heavy atom. The number of carbonyl (C=O) groups is 1. The number of ketones is 1. The molecule has 0 saturated carbocycles. The Kier molecular flexibility index (Phi) is 2.30. The minimum atomic E-state index is -1.16. The molecule has 2 atom stereocenters. The summed E-state index contributed by atoms with van der Waals surface area (Å²) < 4.78 is 5.52. The summed E-state index contributed by atoms with van der Waals surface area (Å²) in [6.07, 6.45) is 3.32. The van der Waals surface area contributed by atoms with Crippen LogP contribution < -0.4 is 0 Å². The number of phenols is 2. The first kappa shape index (κ1) is 13.2. The molecule has 4 rings (SSSR count). The van der Waals surface area contributed by atoms with E-state index in [-0.39, 0.29) is 36.7 Å². The lowest BCUT2D eigenvalue weighted by Crippen LogP contribution is -2.55. The molecule has 1 heterocycles. The zero-order valence-electron chi connectivity index (χ0n) is 11.5. The Morgan fingerprint density at radius 3 is 2.64 bits per heavy atom. The maximum atomic E-state index is 11.7. The molecule has 1 saturated heterocycles. The highest BCUT2D eigenvalue weighted by Gasteiger charge is 2.56. The van der Waals surface area contributed by atoms with Crippen molar-refractivity contribution in [2.75, 3.05) is 6.61 Å². The largest absolute Gasteiger partial charge is 0.504 e. The highest BCUT2D eigenvalue weighted by atomic mass is 16.5. The Hall–Kier alpha value is -2.47. The normalized spacial score (nSPS) is 32.3. The van der Waals surface area contributed by atoms with Gasteiger partial charge < -0.3 is 25.2 Å². The number of aliphatic hydroxyl groups is 2. The third-order valence-electron chi connectivity index (χ3n) is 4.67. The maximum Gasteiger partial charge on any atom is 0.223 e. The van der Waals surface area contributed by atoms with Crippen molar-refractivity contribution >= 4 is 5.78 Å². The average molecular weight is 302 g/mol. The van der Waals surface area contributed by atoms with Crippen LogP contribution in [0.25, 0.3) is 0 Å². The molecule has 1 aromatic carbocycles. The monoisotopic (exact) mass is 302 g/mol. The molecule has 4 N–H and O–H groups in total. The number of allylic oxidation sites excluding steroid dienone is 2. The molecule has 1 spiro atoms. The Bertz CT molecular complexity index is 777. The SMILES string of the molecule is O=C1C=CC23CC(O)(COC2=C1O)Cc1cc(O)c(O)cc13. The number of hydrogen-bond donors (Lipinski definition) is 4. The molecule has 1 aliphatic heterocycles. The van der Waals surface area contributed by atoms with Gasteiger partial charge in [-0.15, -0.1) is 0 Å². The molecular weight excluding hydrogens is 288 g/mol. The fourth-order valence-electron chi connectivity index (χ4n) is 3.77. The molecule has 2 aliphatic carbocycles. The topological polar surface area (TPSA) is 107 Å². The molecule has 6 heteroatoms. The summed E-state index contributed by atoms with van der Waals surface area (Å²) in [7, 11) is 0. The number of aromatic hydroxyl groups is 2. The van der Waals surface area contributed by atoms with Crippen LogP contribution in [0.15, 0.2) is 35.8 Å². The van der Waals surface area contributed by atoms with Gasteiger partial charge in [0.25, 0.3) is 0 Å². The smallest absolute Gasteiger partial charge is 0.223 e. The van der Waals surface area contributed by atoms with Gasteiger partial charge in [-0.25, -0.2) is 0 Å². The third-order valence-corrected chi connectivity index (χ3v) is 4.67. The molecule has 6 nitrogen and oxygen atoms in total. The zero-order valence-corrected chi connectivity index (χ0v) is 11.5. The van der Waals surface area contributed by atoms with Gasteiger partial charge in [0.05, 0.1) is 5.41 Å². The van der Waals surface area contributed by atoms with E-state index in [0.717, 1.165) is 0 Å². The summed E-state index contributed by atoms with van der Waals surface area (Å²) in [5.74, 6) is -1.51. The van der Waals surface area contributed by atoms with Gasteiger partial charge in [-0.1, -0.05) is 6.08 Å². The van der Waals surface area contributed by atoms with Gasteiger partial charge in [0.15, 0.2) is 17.3 Å². The molecule has 2 bridgehead atoms. The van der Waals surface area contributed by atoms with E-state index in [9.17, 15) is 25.2 Å². The van der Waals surface area contributed by atoms with Gasteiger partial charge in [0, 0.05) is 12.8 Å². The first-order chi connectivity index (χ1) is 10.3. The van der Waals surface area contributed by atoms with E-state index in [1.807, 2.05) is 0 Å². The predicted molar refractivity (Wildman–Crippen MR) is 74.5 cm³/mol. The second-order valence-corrected chi connectivity index (χ2v) is 6.21. The lowest BCUT2D eigenvalue weighted by atomic mass is 9.60. The fourth-order valence-corrected chi connectivity index (χ4v) is 3.77. The van der Waals surface area contributed by atoms with Crippen LogP contribution in [0.5, 0.6) is 11.5 Å². The zero-order chi connectivity index (χ0) is 15.7. The van der Waals surface area contributed by atoms with Crippen molar-refractivity contribution in [2.45, 2.75) is 23.9 Å². The Morgan fingerprint density at radius 2 is 1.86 bits per heavy atom. The molecule has 22 heavy (non-hydrogen) atoms. The Labute approximate surface area is 125 Å². The van der Waals surface area contributed by atoms with Gasteiger partial charge in [-0.2, -0.15) is 0 Å². The Balaban J connectivity index is 2.04. The molecule has 0 aromatic heterocycles. The van der Waals surface area contributed by atoms with E-state index in [0.29, 0.717) is 11.1 Å². The van der Waals surface area contributed by atoms with Crippen molar-refractivity contribution in [2.24, 2.45) is 0 Å². The summed E-state index contributed by atoms with van der Waals surface area (Å²) in [5, 5.41) is 40.3. The van der Waals surface area contributed by atoms with Crippen LogP contribution in [0.4, 0.5) is 0 Å². The minimum absolute atomic E-state index is 0.0453. The van der Waals surface area contributed by atoms with Gasteiger partial charge in [-0.05, 0) is 29.3 Å². The first-order valence-electron chi connectivity index (χ1n) is 6.92. The second-order valence-electron chi connectivity index (χ2n) is 6.21. The maximum absolute atomic E-state index is 11.7. The summed E-state index contributed by atoms with van der Waals surface area (Å²) in [6.45, 7) is -0.0453. The van der Waals surface area contributed by atoms with Crippen molar-refractivity contribution in [3.8, 4) is 11.5 Å². The van der Waals surface area contributed by atoms with Crippen molar-refractivity contribution in [1.29, 1.82) is 0 Å². The van der Waals surface area contributed by atoms with E-state index in [1.54, 1.807) is 6.08 Å². The molecular formula is C16H14O6. The molecule has 3 aliphatic rings. The van der Waals surface area contributed by atoms with Gasteiger partial charge in [-0.3, -0.25) is 4.79 Å². The van der Waals surface area contributed by atoms with Gasteiger partial charge in [0.1, 0.15) is 12.2 Å². The highest BCUT2D eigenvalue weighted by Crippen LogP contribution is 2.54. The van der Waals surface area contributed by atoms with Gasteiger partial charge >= 0.3 is 0 Å². The predicted octanol–water partition coefficient (Wildman–Crippen LogP) is 0.952. The van der Waals surface area contributed by atoms with E-state index in [2.05, 4.69) is 0 Å². The van der Waals surface area contributed by atoms with E-state index in [1.165, 1.54) is 18.2 Å². The van der Waals surface area contributed by atoms with Gasteiger partial charge in [0.2, 0.25) is 11.5 Å². The van der Waals surface area contributed by atoms with Crippen LogP contribution in [-0.2, 0) is 21.4 Å². The van der Waals surface area contributed by atoms with E-state index in [4.69, 9.17) is 4.74 Å². The summed E-state index contributed by atoms with van der Waals surface area (Å²) in [6, 6.07) is 2.80. The molecule has 1 fully saturated rings. The lowest BCUT2D eigenvalue weighted by Gasteiger charge is -2.50. The first-order valence-corrected chi connectivity index (χ1v) is 6.92. The number of rotatable bonds is 0. The number of ether oxygens (including phenoxy) is 1. The standard InChI is InChI=1S/C16H14O6/c17-10-1-2-16-6-15(21,7-22-14(16)13(10)20)5-8-3-11(18)12(19)4-9(8)16/h1-4,18-21H,5-7H2. The van der Waals surface area contributed by atoms with Crippen LogP contribution in [0.1, 0.15) is 17.5 Å². The highest BCUT2D eigenvalue weighted by molar-refractivity contribution is 6.04. The lowest BCUT2D eigenvalue weighted by molar-refractivity contribution is -0.118. The van der Waals surface area contributed by atoms with Crippen LogP contribution in [-0.4, -0.2) is 38.4 Å². The molecule has 0 radical (unpaired) electrons. The number of benzene rings is 1. The van der Waals surface area contributed by atoms with Crippen molar-refractivity contribution in [3.63, 3.8) is 0 Å². The molecule has 2 unspecified atom stereocenters. The van der Waals surface area contributed by atoms with E-state index < -0.39 is 22.6 Å².